The van der Waals surface area contributed by atoms with Crippen LogP contribution in [0.25, 0.3) is 0 Å². The zero-order chi connectivity index (χ0) is 35.0. The molecule has 1 aliphatic heterocycles. The van der Waals surface area contributed by atoms with E-state index < -0.39 is 29.7 Å². The summed E-state index contributed by atoms with van der Waals surface area (Å²) in [6, 6.07) is 6.76. The Morgan fingerprint density at radius 1 is 1.20 bits per heavy atom. The molecule has 0 radical (unpaired) electrons. The number of esters is 1. The third-order valence-corrected chi connectivity index (χ3v) is 7.39. The third kappa shape index (κ3) is 11.4. The van der Waals surface area contributed by atoms with Crippen molar-refractivity contribution in [3.05, 3.63) is 79.9 Å². The van der Waals surface area contributed by atoms with Gasteiger partial charge in [0.25, 0.3) is 11.0 Å². The molecular weight excluding hydrogens is 670 g/mol. The lowest BCUT2D eigenvalue weighted by molar-refractivity contribution is -0.769. The lowest BCUT2D eigenvalue weighted by Crippen LogP contribution is -2.36. The maximum Gasteiger partial charge on any atom is 0.308 e. The standard InChI is InChI=1S/C29H34ClN9O10/c1-45-24-6-5-19(12-23(24)30)13-33-27-22(28(41)34-15-25-31-8-3-9-32-25)14-35-29(36-27)38-10-2-4-20(38)16-47-26(40)7-11-46-17-21(18-48-37-42)49-39(43)44/h3,5-6,8-9,12,14,20-21H,2,4,7,10-11,13,15-18H2,1H3,(H,34,41)(H,33,35,36)/t20-,21-/m0/s1. The summed E-state index contributed by atoms with van der Waals surface area (Å²) in [5, 5.41) is 18.1. The summed E-state index contributed by atoms with van der Waals surface area (Å²) >= 11 is 6.30. The topological polar surface area (TPSA) is 232 Å². The number of hydrogen-bond donors (Lipinski definition) is 2. The Labute approximate surface area is 284 Å². The molecule has 19 nitrogen and oxygen atoms in total. The molecule has 3 aromatic rings. The quantitative estimate of drug-likeness (QED) is 0.0566. The van der Waals surface area contributed by atoms with Crippen LogP contribution in [-0.4, -0.2) is 89.1 Å². The molecule has 2 aromatic heterocycles. The molecule has 2 atom stereocenters. The molecule has 20 heteroatoms. The van der Waals surface area contributed by atoms with E-state index in [2.05, 4.69) is 40.6 Å². The fourth-order valence-electron chi connectivity index (χ4n) is 4.74. The second-order valence-electron chi connectivity index (χ2n) is 10.4. The summed E-state index contributed by atoms with van der Waals surface area (Å²) in [5.41, 5.74) is 1.01. The van der Waals surface area contributed by atoms with Crippen molar-refractivity contribution in [3.8, 4) is 5.75 Å². The van der Waals surface area contributed by atoms with E-state index in [-0.39, 0.29) is 56.8 Å². The van der Waals surface area contributed by atoms with Crippen molar-refractivity contribution >= 4 is 35.2 Å². The number of nitrogens with one attached hydrogen (secondary N) is 2. The molecule has 1 amide bonds. The molecule has 0 unspecified atom stereocenters. The Bertz CT molecular complexity index is 1570. The molecule has 0 bridgehead atoms. The fourth-order valence-corrected chi connectivity index (χ4v) is 5.02. The van der Waals surface area contributed by atoms with Crippen LogP contribution in [0, 0.1) is 15.0 Å². The van der Waals surface area contributed by atoms with Crippen LogP contribution >= 0.6 is 11.6 Å². The predicted molar refractivity (Wildman–Crippen MR) is 171 cm³/mol. The number of aromatic nitrogens is 4. The highest BCUT2D eigenvalue weighted by Crippen LogP contribution is 2.27. The number of ether oxygens (including phenoxy) is 3. The second kappa shape index (κ2) is 18.8. The molecule has 49 heavy (non-hydrogen) atoms. The van der Waals surface area contributed by atoms with Gasteiger partial charge in [0.2, 0.25) is 5.95 Å². The Balaban J connectivity index is 1.38. The van der Waals surface area contributed by atoms with Gasteiger partial charge in [0.15, 0.2) is 11.4 Å². The minimum Gasteiger partial charge on any atom is -0.495 e. The molecule has 1 aliphatic rings. The summed E-state index contributed by atoms with van der Waals surface area (Å²) in [6.45, 7) is 0.0933. The minimum absolute atomic E-state index is 0.0422. The van der Waals surface area contributed by atoms with Gasteiger partial charge in [0.1, 0.15) is 36.2 Å². The number of nitrogens with zero attached hydrogens (tertiary/aromatic N) is 7. The molecule has 1 fully saturated rings. The van der Waals surface area contributed by atoms with Gasteiger partial charge in [-0.3, -0.25) is 9.59 Å². The van der Waals surface area contributed by atoms with Crippen LogP contribution in [0.5, 0.6) is 5.75 Å². The Kier molecular flexibility index (Phi) is 14.0. The van der Waals surface area contributed by atoms with Gasteiger partial charge in [-0.1, -0.05) is 17.7 Å². The maximum atomic E-state index is 13.2. The molecule has 262 valence electrons. The number of hydrogen-bond acceptors (Lipinski definition) is 17. The zero-order valence-corrected chi connectivity index (χ0v) is 27.1. The first-order valence-corrected chi connectivity index (χ1v) is 15.4. The largest absolute Gasteiger partial charge is 0.495 e. The van der Waals surface area contributed by atoms with Crippen LogP contribution in [0.15, 0.2) is 48.2 Å². The van der Waals surface area contributed by atoms with Crippen molar-refractivity contribution in [2.75, 3.05) is 50.3 Å². The lowest BCUT2D eigenvalue weighted by Gasteiger charge is -2.25. The number of anilines is 2. The van der Waals surface area contributed by atoms with E-state index in [0.29, 0.717) is 35.5 Å². The molecule has 1 saturated heterocycles. The Morgan fingerprint density at radius 3 is 2.76 bits per heavy atom. The predicted octanol–water partition coefficient (Wildman–Crippen LogP) is 2.66. The van der Waals surface area contributed by atoms with E-state index >= 15 is 0 Å². The first-order valence-electron chi connectivity index (χ1n) is 15.0. The minimum atomic E-state index is -1.19. The van der Waals surface area contributed by atoms with Crippen molar-refractivity contribution in [1.29, 1.82) is 0 Å². The van der Waals surface area contributed by atoms with Gasteiger partial charge in [0, 0.05) is 31.7 Å². The highest BCUT2D eigenvalue weighted by atomic mass is 35.5. The van der Waals surface area contributed by atoms with Crippen LogP contribution in [0.4, 0.5) is 11.8 Å². The monoisotopic (exact) mass is 703 g/mol. The number of carbonyl (C=O) groups is 2. The van der Waals surface area contributed by atoms with Crippen LogP contribution < -0.4 is 20.3 Å². The average Bonchev–Trinajstić information content (AvgIpc) is 3.58. The van der Waals surface area contributed by atoms with Crippen LogP contribution in [0.1, 0.15) is 41.0 Å². The van der Waals surface area contributed by atoms with Gasteiger partial charge in [-0.05, 0) is 36.6 Å². The van der Waals surface area contributed by atoms with Crippen molar-refractivity contribution in [3.63, 3.8) is 0 Å². The van der Waals surface area contributed by atoms with E-state index in [1.165, 1.54) is 13.3 Å². The van der Waals surface area contributed by atoms with E-state index in [1.54, 1.807) is 30.6 Å². The smallest absolute Gasteiger partial charge is 0.308 e. The number of halogens is 1. The zero-order valence-electron chi connectivity index (χ0n) is 26.4. The van der Waals surface area contributed by atoms with Gasteiger partial charge in [-0.15, -0.1) is 15.0 Å². The molecule has 1 aromatic carbocycles. The van der Waals surface area contributed by atoms with Crippen molar-refractivity contribution in [2.45, 2.75) is 44.5 Å². The fraction of sp³-hybridized carbons (Fsp3) is 0.448. The van der Waals surface area contributed by atoms with E-state index in [1.807, 2.05) is 11.0 Å². The normalized spacial score (nSPS) is 14.4. The Hall–Kier alpha value is -5.43. The maximum absolute atomic E-state index is 13.2. The summed E-state index contributed by atoms with van der Waals surface area (Å²) in [4.78, 5) is 74.2. The first kappa shape index (κ1) is 36.4. The highest BCUT2D eigenvalue weighted by Gasteiger charge is 2.29. The summed E-state index contributed by atoms with van der Waals surface area (Å²) in [6.07, 6.45) is 4.74. The summed E-state index contributed by atoms with van der Waals surface area (Å²) in [7, 11) is 1.53. The van der Waals surface area contributed by atoms with Crippen molar-refractivity contribution in [2.24, 2.45) is 5.34 Å². The van der Waals surface area contributed by atoms with E-state index in [4.69, 9.17) is 30.8 Å². The second-order valence-corrected chi connectivity index (χ2v) is 10.8. The van der Waals surface area contributed by atoms with Gasteiger partial charge in [-0.2, -0.15) is 4.98 Å². The van der Waals surface area contributed by atoms with Gasteiger partial charge in [-0.25, -0.2) is 15.0 Å². The molecule has 0 aliphatic carbocycles. The molecule has 3 heterocycles. The van der Waals surface area contributed by atoms with Gasteiger partial charge < -0.3 is 39.4 Å². The number of benzene rings is 1. The van der Waals surface area contributed by atoms with E-state index in [0.717, 1.165) is 12.0 Å². The molecule has 4 rings (SSSR count). The van der Waals surface area contributed by atoms with Crippen molar-refractivity contribution < 1.29 is 38.6 Å². The van der Waals surface area contributed by atoms with Gasteiger partial charge in [0.05, 0.1) is 44.4 Å². The number of methoxy groups -OCH3 is 1. The van der Waals surface area contributed by atoms with Crippen LogP contribution in [0.3, 0.4) is 0 Å². The third-order valence-electron chi connectivity index (χ3n) is 7.10. The SMILES string of the molecule is COc1ccc(CNc2nc(N3CCC[C@H]3COC(=O)CCOC[C@@H](CON=O)O[N+](=O)[O-])ncc2C(=O)NCc2ncccn2)cc1Cl. The number of carbonyl (C=O) groups excluding carboxylic acids is 2. The highest BCUT2D eigenvalue weighted by molar-refractivity contribution is 6.32. The molecule has 2 N–H and O–H groups in total. The lowest BCUT2D eigenvalue weighted by atomic mass is 10.2. The molecule has 0 saturated carbocycles. The molecular formula is C29H34ClN9O10. The molecule has 0 spiro atoms. The van der Waals surface area contributed by atoms with Crippen LogP contribution in [-0.2, 0) is 37.0 Å². The first-order chi connectivity index (χ1) is 23.8. The summed E-state index contributed by atoms with van der Waals surface area (Å²) in [5.74, 6) is 0.585. The number of rotatable bonds is 20. The van der Waals surface area contributed by atoms with Gasteiger partial charge >= 0.3 is 5.97 Å². The van der Waals surface area contributed by atoms with Crippen molar-refractivity contribution in [1.82, 2.24) is 25.3 Å². The van der Waals surface area contributed by atoms with E-state index in [9.17, 15) is 24.6 Å². The number of amides is 1. The Morgan fingerprint density at radius 2 is 2.02 bits per heavy atom. The van der Waals surface area contributed by atoms with Crippen LogP contribution in [0.2, 0.25) is 5.02 Å². The average molecular weight is 704 g/mol. The summed E-state index contributed by atoms with van der Waals surface area (Å²) < 4.78 is 15.9.